The number of carbonyl (C=O) groups excluding carboxylic acids is 1. The summed E-state index contributed by atoms with van der Waals surface area (Å²) in [7, 11) is 0. The molecular formula is C7H13NO5. The molecule has 0 rings (SSSR count). The lowest BCUT2D eigenvalue weighted by atomic mass is 10.4. The van der Waals surface area contributed by atoms with Crippen molar-refractivity contribution >= 4 is 11.9 Å². The van der Waals surface area contributed by atoms with E-state index in [0.29, 0.717) is 0 Å². The molecule has 6 nitrogen and oxygen atoms in total. The fourth-order valence-corrected chi connectivity index (χ4v) is 0.544. The summed E-state index contributed by atoms with van der Waals surface area (Å²) in [6.07, 6.45) is -0.622. The fraction of sp³-hybridized carbons (Fsp3) is 0.714. The number of amides is 1. The SMILES string of the molecule is CC(O)CNC(=O)COCC(=O)O. The van der Waals surface area contributed by atoms with Crippen LogP contribution < -0.4 is 5.32 Å². The quantitative estimate of drug-likeness (QED) is 0.479. The van der Waals surface area contributed by atoms with E-state index in [0.717, 1.165) is 0 Å². The minimum atomic E-state index is -1.12. The van der Waals surface area contributed by atoms with Crippen LogP contribution in [0.5, 0.6) is 0 Å². The molecule has 3 N–H and O–H groups in total. The molecule has 0 saturated heterocycles. The number of aliphatic hydroxyl groups excluding tert-OH is 1. The van der Waals surface area contributed by atoms with E-state index in [2.05, 4.69) is 10.1 Å². The zero-order chi connectivity index (χ0) is 10.3. The first-order valence-corrected chi connectivity index (χ1v) is 3.76. The maximum atomic E-state index is 10.8. The number of aliphatic hydroxyl groups is 1. The molecule has 0 radical (unpaired) electrons. The standard InChI is InChI=1S/C7H13NO5/c1-5(9)2-8-6(10)3-13-4-7(11)12/h5,9H,2-4H2,1H3,(H,8,10)(H,11,12). The Balaban J connectivity index is 3.35. The van der Waals surface area contributed by atoms with Crippen molar-refractivity contribution in [1.29, 1.82) is 0 Å². The van der Waals surface area contributed by atoms with E-state index in [-0.39, 0.29) is 13.2 Å². The van der Waals surface area contributed by atoms with Crippen LogP contribution in [0.25, 0.3) is 0 Å². The lowest BCUT2D eigenvalue weighted by Gasteiger charge is -2.06. The van der Waals surface area contributed by atoms with Crippen LogP contribution >= 0.6 is 0 Å². The number of carbonyl (C=O) groups is 2. The third-order valence-electron chi connectivity index (χ3n) is 1.05. The van der Waals surface area contributed by atoms with E-state index in [9.17, 15) is 9.59 Å². The summed E-state index contributed by atoms with van der Waals surface area (Å²) < 4.78 is 4.50. The minimum Gasteiger partial charge on any atom is -0.480 e. The minimum absolute atomic E-state index is 0.134. The first-order valence-electron chi connectivity index (χ1n) is 3.76. The largest absolute Gasteiger partial charge is 0.480 e. The summed E-state index contributed by atoms with van der Waals surface area (Å²) >= 11 is 0. The van der Waals surface area contributed by atoms with Crippen LogP contribution in [0.1, 0.15) is 6.92 Å². The molecule has 13 heavy (non-hydrogen) atoms. The third-order valence-corrected chi connectivity index (χ3v) is 1.05. The van der Waals surface area contributed by atoms with E-state index < -0.39 is 24.6 Å². The number of hydrogen-bond acceptors (Lipinski definition) is 4. The van der Waals surface area contributed by atoms with Crippen molar-refractivity contribution in [2.24, 2.45) is 0 Å². The molecule has 0 bridgehead atoms. The predicted molar refractivity (Wildman–Crippen MR) is 43.1 cm³/mol. The Bertz CT molecular complexity index is 180. The van der Waals surface area contributed by atoms with Crippen LogP contribution in [0.15, 0.2) is 0 Å². The highest BCUT2D eigenvalue weighted by molar-refractivity contribution is 5.77. The van der Waals surface area contributed by atoms with Gasteiger partial charge in [-0.2, -0.15) is 0 Å². The van der Waals surface area contributed by atoms with E-state index in [1.807, 2.05) is 0 Å². The van der Waals surface area contributed by atoms with Crippen LogP contribution in [-0.4, -0.2) is 48.0 Å². The van der Waals surface area contributed by atoms with Crippen molar-refractivity contribution in [3.8, 4) is 0 Å². The van der Waals surface area contributed by atoms with E-state index in [4.69, 9.17) is 10.2 Å². The molecule has 0 saturated carbocycles. The molecule has 1 amide bonds. The zero-order valence-electron chi connectivity index (χ0n) is 7.32. The number of rotatable bonds is 6. The van der Waals surface area contributed by atoms with Gasteiger partial charge in [0, 0.05) is 6.54 Å². The Labute approximate surface area is 75.5 Å². The molecule has 0 aliphatic carbocycles. The maximum Gasteiger partial charge on any atom is 0.329 e. The Morgan fingerprint density at radius 3 is 2.54 bits per heavy atom. The van der Waals surface area contributed by atoms with Crippen LogP contribution in [-0.2, 0) is 14.3 Å². The van der Waals surface area contributed by atoms with Crippen molar-refractivity contribution in [2.75, 3.05) is 19.8 Å². The first kappa shape index (κ1) is 11.9. The third kappa shape index (κ3) is 8.77. The summed E-state index contributed by atoms with van der Waals surface area (Å²) in [5, 5.41) is 19.3. The summed E-state index contributed by atoms with van der Waals surface area (Å²) in [5.74, 6) is -1.56. The molecule has 1 atom stereocenters. The number of ether oxygens (including phenoxy) is 1. The summed E-state index contributed by atoms with van der Waals surface area (Å²) in [6, 6.07) is 0. The second kappa shape index (κ2) is 6.38. The van der Waals surface area contributed by atoms with Gasteiger partial charge in [-0.1, -0.05) is 0 Å². The molecule has 0 heterocycles. The summed E-state index contributed by atoms with van der Waals surface area (Å²) in [4.78, 5) is 20.7. The molecule has 0 aliphatic heterocycles. The van der Waals surface area contributed by atoms with Gasteiger partial charge in [-0.15, -0.1) is 0 Å². The average molecular weight is 191 g/mol. The number of carboxylic acids is 1. The van der Waals surface area contributed by atoms with Crippen molar-refractivity contribution in [1.82, 2.24) is 5.32 Å². The Morgan fingerprint density at radius 1 is 1.46 bits per heavy atom. The number of nitrogens with one attached hydrogen (secondary N) is 1. The van der Waals surface area contributed by atoms with Crippen LogP contribution in [0.2, 0.25) is 0 Å². The van der Waals surface area contributed by atoms with Crippen LogP contribution in [0.4, 0.5) is 0 Å². The monoisotopic (exact) mass is 191 g/mol. The van der Waals surface area contributed by atoms with Crippen LogP contribution in [0, 0.1) is 0 Å². The molecule has 1 unspecified atom stereocenters. The Hall–Kier alpha value is -1.14. The van der Waals surface area contributed by atoms with Gasteiger partial charge in [0.2, 0.25) is 5.91 Å². The maximum absolute atomic E-state index is 10.8. The van der Waals surface area contributed by atoms with Crippen LogP contribution in [0.3, 0.4) is 0 Å². The highest BCUT2D eigenvalue weighted by Gasteiger charge is 2.04. The first-order chi connectivity index (χ1) is 6.02. The highest BCUT2D eigenvalue weighted by atomic mass is 16.5. The topological polar surface area (TPSA) is 95.9 Å². The second-order valence-corrected chi connectivity index (χ2v) is 2.54. The van der Waals surface area contributed by atoms with Gasteiger partial charge in [0.15, 0.2) is 0 Å². The number of hydrogen-bond donors (Lipinski definition) is 3. The van der Waals surface area contributed by atoms with E-state index in [1.165, 1.54) is 6.92 Å². The molecule has 76 valence electrons. The van der Waals surface area contributed by atoms with Crippen molar-refractivity contribution in [3.63, 3.8) is 0 Å². The van der Waals surface area contributed by atoms with Gasteiger partial charge in [0.05, 0.1) is 6.10 Å². The lowest BCUT2D eigenvalue weighted by Crippen LogP contribution is -2.33. The Morgan fingerprint density at radius 2 is 2.08 bits per heavy atom. The molecular weight excluding hydrogens is 178 g/mol. The smallest absolute Gasteiger partial charge is 0.329 e. The van der Waals surface area contributed by atoms with Crippen molar-refractivity contribution in [2.45, 2.75) is 13.0 Å². The van der Waals surface area contributed by atoms with E-state index in [1.54, 1.807) is 0 Å². The molecule has 0 aromatic heterocycles. The van der Waals surface area contributed by atoms with Gasteiger partial charge in [0.1, 0.15) is 13.2 Å². The molecule has 0 spiro atoms. The van der Waals surface area contributed by atoms with Gasteiger partial charge in [-0.05, 0) is 6.92 Å². The second-order valence-electron chi connectivity index (χ2n) is 2.54. The molecule has 0 aromatic carbocycles. The Kier molecular flexibility index (Phi) is 5.82. The van der Waals surface area contributed by atoms with E-state index >= 15 is 0 Å². The molecule has 0 aliphatic rings. The zero-order valence-corrected chi connectivity index (χ0v) is 7.32. The number of aliphatic carboxylic acids is 1. The molecule has 6 heteroatoms. The van der Waals surface area contributed by atoms with Gasteiger partial charge in [0.25, 0.3) is 0 Å². The summed E-state index contributed by atoms with van der Waals surface area (Å²) in [5.41, 5.74) is 0. The average Bonchev–Trinajstić information content (AvgIpc) is 2.00. The lowest BCUT2D eigenvalue weighted by molar-refractivity contribution is -0.143. The van der Waals surface area contributed by atoms with Gasteiger partial charge >= 0.3 is 5.97 Å². The highest BCUT2D eigenvalue weighted by Crippen LogP contribution is 1.78. The van der Waals surface area contributed by atoms with Crippen molar-refractivity contribution < 1.29 is 24.5 Å². The van der Waals surface area contributed by atoms with Gasteiger partial charge in [-0.3, -0.25) is 4.79 Å². The van der Waals surface area contributed by atoms with Gasteiger partial charge in [-0.25, -0.2) is 4.79 Å². The summed E-state index contributed by atoms with van der Waals surface area (Å²) in [6.45, 7) is 0.856. The predicted octanol–water partition coefficient (Wildman–Crippen LogP) is -1.42. The van der Waals surface area contributed by atoms with Gasteiger partial charge < -0.3 is 20.3 Å². The number of carboxylic acid groups (broad SMARTS) is 1. The normalized spacial score (nSPS) is 12.2. The van der Waals surface area contributed by atoms with Crippen molar-refractivity contribution in [3.05, 3.63) is 0 Å². The molecule has 0 fully saturated rings. The molecule has 0 aromatic rings. The fourth-order valence-electron chi connectivity index (χ4n) is 0.544.